The molecule has 1 aromatic rings. The number of nitrogens with zero attached hydrogens (tertiary/aromatic N) is 1. The van der Waals surface area contributed by atoms with E-state index in [2.05, 4.69) is 17.4 Å². The molecule has 1 aromatic carbocycles. The fraction of sp³-hybridized carbons (Fsp3) is 0.560. The number of benzene rings is 1. The summed E-state index contributed by atoms with van der Waals surface area (Å²) >= 11 is 0. The average Bonchev–Trinajstić information content (AvgIpc) is 3.26. The largest absolute Gasteiger partial charge is 0.490 e. The molecule has 0 bridgehead atoms. The van der Waals surface area contributed by atoms with E-state index in [4.69, 9.17) is 15.6 Å². The molecule has 0 spiro atoms. The first-order valence-electron chi connectivity index (χ1n) is 11.9. The van der Waals surface area contributed by atoms with Gasteiger partial charge >= 0.3 is 12.1 Å². The molecule has 1 heterocycles. The fourth-order valence-corrected chi connectivity index (χ4v) is 4.24. The van der Waals surface area contributed by atoms with E-state index in [0.717, 1.165) is 6.42 Å². The van der Waals surface area contributed by atoms with Crippen molar-refractivity contribution >= 4 is 17.8 Å². The Morgan fingerprint density at radius 2 is 1.69 bits per heavy atom. The lowest BCUT2D eigenvalue weighted by molar-refractivity contribution is -0.192. The minimum atomic E-state index is -5.08. The van der Waals surface area contributed by atoms with Crippen LogP contribution in [0.3, 0.4) is 0 Å². The van der Waals surface area contributed by atoms with Gasteiger partial charge in [-0.1, -0.05) is 69.4 Å². The quantitative estimate of drug-likeness (QED) is 0.495. The number of hydrogen-bond donors (Lipinski definition) is 3. The molecule has 3 rings (SSSR count). The summed E-state index contributed by atoms with van der Waals surface area (Å²) < 4.78 is 31.7. The second kappa shape index (κ2) is 13.3. The van der Waals surface area contributed by atoms with Crippen LogP contribution in [-0.4, -0.2) is 46.1 Å². The average molecular weight is 498 g/mol. The third-order valence-electron chi connectivity index (χ3n) is 6.28. The lowest BCUT2D eigenvalue weighted by atomic mass is 9.84. The van der Waals surface area contributed by atoms with Crippen molar-refractivity contribution in [2.45, 2.75) is 83.2 Å². The summed E-state index contributed by atoms with van der Waals surface area (Å²) in [6.07, 6.45) is 6.14. The molecule has 10 heteroatoms. The zero-order valence-electron chi connectivity index (χ0n) is 19.9. The maximum Gasteiger partial charge on any atom is 0.490 e. The third-order valence-corrected chi connectivity index (χ3v) is 6.28. The minimum Gasteiger partial charge on any atom is -0.475 e. The van der Waals surface area contributed by atoms with E-state index in [1.807, 2.05) is 30.0 Å². The standard InChI is InChI=1S/C23H33N3O2.C2HF3O2/c1-2-21(24)23(28)25-20(14-17-8-4-3-5-9-17)12-13-22(27)26-15-18-10-6-7-11-19(18)16-26;3-2(4,5)1(6)7/h6-7,10-13,17,20-21H,2-5,8-9,14-16,24H2,1H3,(H,25,28);(H,6,7)/b13-12+;/t20-,21+;/m1./s1. The number of halogens is 3. The summed E-state index contributed by atoms with van der Waals surface area (Å²) in [5.41, 5.74) is 8.32. The zero-order chi connectivity index (χ0) is 26.0. The lowest BCUT2D eigenvalue weighted by Crippen LogP contribution is -2.45. The van der Waals surface area contributed by atoms with Gasteiger partial charge in [-0.25, -0.2) is 4.79 Å². The van der Waals surface area contributed by atoms with Crippen molar-refractivity contribution in [3.63, 3.8) is 0 Å². The van der Waals surface area contributed by atoms with Crippen LogP contribution in [0.4, 0.5) is 13.2 Å². The number of carbonyl (C=O) groups excluding carboxylic acids is 2. The first kappa shape index (κ1) is 28.4. The highest BCUT2D eigenvalue weighted by molar-refractivity contribution is 5.88. The van der Waals surface area contributed by atoms with E-state index in [9.17, 15) is 22.8 Å². The van der Waals surface area contributed by atoms with Crippen LogP contribution in [0, 0.1) is 5.92 Å². The third kappa shape index (κ3) is 9.35. The molecule has 1 aliphatic heterocycles. The van der Waals surface area contributed by atoms with Crippen LogP contribution in [-0.2, 0) is 27.5 Å². The maximum atomic E-state index is 12.7. The van der Waals surface area contributed by atoms with E-state index in [0.29, 0.717) is 25.4 Å². The molecule has 0 aromatic heterocycles. The highest BCUT2D eigenvalue weighted by atomic mass is 19.4. The Labute approximate surface area is 203 Å². The van der Waals surface area contributed by atoms with Gasteiger partial charge in [0.1, 0.15) is 0 Å². The highest BCUT2D eigenvalue weighted by Gasteiger charge is 2.38. The molecule has 0 unspecified atom stereocenters. The number of rotatable bonds is 7. The summed E-state index contributed by atoms with van der Waals surface area (Å²) in [4.78, 5) is 35.7. The number of carboxylic acid groups (broad SMARTS) is 1. The molecule has 1 saturated carbocycles. The Balaban J connectivity index is 0.000000540. The van der Waals surface area contributed by atoms with Crippen LogP contribution in [0.1, 0.15) is 63.0 Å². The number of aliphatic carboxylic acids is 1. The monoisotopic (exact) mass is 497 g/mol. The number of alkyl halides is 3. The van der Waals surface area contributed by atoms with Gasteiger partial charge in [0.2, 0.25) is 11.8 Å². The van der Waals surface area contributed by atoms with Crippen molar-refractivity contribution in [3.8, 4) is 0 Å². The topological polar surface area (TPSA) is 113 Å². The van der Waals surface area contributed by atoms with Crippen molar-refractivity contribution in [2.75, 3.05) is 0 Å². The molecule has 0 saturated heterocycles. The minimum absolute atomic E-state index is 0.00103. The Kier molecular flexibility index (Phi) is 10.8. The van der Waals surface area contributed by atoms with Crippen LogP contribution < -0.4 is 11.1 Å². The highest BCUT2D eigenvalue weighted by Crippen LogP contribution is 2.28. The molecule has 2 amide bonds. The van der Waals surface area contributed by atoms with Gasteiger partial charge in [-0.3, -0.25) is 9.59 Å². The van der Waals surface area contributed by atoms with Crippen molar-refractivity contribution in [1.82, 2.24) is 10.2 Å². The zero-order valence-corrected chi connectivity index (χ0v) is 19.9. The summed E-state index contributed by atoms with van der Waals surface area (Å²) in [5, 5.41) is 10.2. The molecule has 4 N–H and O–H groups in total. The first-order chi connectivity index (χ1) is 16.5. The van der Waals surface area contributed by atoms with Crippen molar-refractivity contribution in [2.24, 2.45) is 11.7 Å². The number of carboxylic acids is 1. The Hall–Kier alpha value is -2.88. The predicted molar refractivity (Wildman–Crippen MR) is 125 cm³/mol. The van der Waals surface area contributed by atoms with E-state index in [1.54, 1.807) is 6.08 Å². The van der Waals surface area contributed by atoms with Gasteiger partial charge in [-0.2, -0.15) is 13.2 Å². The second-order valence-corrected chi connectivity index (χ2v) is 8.99. The number of nitrogens with one attached hydrogen (secondary N) is 1. The van der Waals surface area contributed by atoms with Crippen LogP contribution in [0.2, 0.25) is 0 Å². The number of amides is 2. The SMILES string of the molecule is CC[C@H](N)C(=O)N[C@H](/C=C/C(=O)N1Cc2ccccc2C1)CC1CCCCC1.O=C(O)C(F)(F)F. The summed E-state index contributed by atoms with van der Waals surface area (Å²) in [7, 11) is 0. The smallest absolute Gasteiger partial charge is 0.475 e. The first-order valence-corrected chi connectivity index (χ1v) is 11.9. The summed E-state index contributed by atoms with van der Waals surface area (Å²) in [6.45, 7) is 3.21. The van der Waals surface area contributed by atoms with E-state index < -0.39 is 18.2 Å². The van der Waals surface area contributed by atoms with Crippen molar-refractivity contribution in [1.29, 1.82) is 0 Å². The van der Waals surface area contributed by atoms with Gasteiger partial charge in [0.05, 0.1) is 6.04 Å². The normalized spacial score (nSPS) is 17.8. The summed E-state index contributed by atoms with van der Waals surface area (Å²) in [5.74, 6) is -2.28. The van der Waals surface area contributed by atoms with E-state index >= 15 is 0 Å². The van der Waals surface area contributed by atoms with Crippen LogP contribution >= 0.6 is 0 Å². The van der Waals surface area contributed by atoms with E-state index in [-0.39, 0.29) is 17.9 Å². The van der Waals surface area contributed by atoms with Crippen molar-refractivity contribution in [3.05, 3.63) is 47.5 Å². The Bertz CT molecular complexity index is 873. The molecule has 7 nitrogen and oxygen atoms in total. The second-order valence-electron chi connectivity index (χ2n) is 8.99. The predicted octanol–water partition coefficient (Wildman–Crippen LogP) is 3.91. The number of hydrogen-bond acceptors (Lipinski definition) is 4. The van der Waals surface area contributed by atoms with Crippen molar-refractivity contribution < 1.29 is 32.7 Å². The van der Waals surface area contributed by atoms with Gasteiger partial charge in [0, 0.05) is 25.2 Å². The van der Waals surface area contributed by atoms with Crippen LogP contribution in [0.15, 0.2) is 36.4 Å². The molecule has 35 heavy (non-hydrogen) atoms. The molecule has 1 aliphatic carbocycles. The number of carbonyl (C=O) groups is 3. The van der Waals surface area contributed by atoms with Gasteiger partial charge < -0.3 is 21.1 Å². The Morgan fingerprint density at radius 1 is 1.14 bits per heavy atom. The van der Waals surface area contributed by atoms with Gasteiger partial charge in [-0.15, -0.1) is 0 Å². The summed E-state index contributed by atoms with van der Waals surface area (Å²) in [6, 6.07) is 7.54. The molecule has 2 atom stereocenters. The number of nitrogens with two attached hydrogens (primary N) is 1. The van der Waals surface area contributed by atoms with Gasteiger partial charge in [0.25, 0.3) is 0 Å². The van der Waals surface area contributed by atoms with Crippen LogP contribution in [0.5, 0.6) is 0 Å². The molecule has 1 fully saturated rings. The Morgan fingerprint density at radius 3 is 2.17 bits per heavy atom. The number of fused-ring (bicyclic) bond motifs is 1. The maximum absolute atomic E-state index is 12.7. The lowest BCUT2D eigenvalue weighted by Gasteiger charge is -2.26. The van der Waals surface area contributed by atoms with Crippen LogP contribution in [0.25, 0.3) is 0 Å². The van der Waals surface area contributed by atoms with Gasteiger partial charge in [-0.05, 0) is 29.9 Å². The van der Waals surface area contributed by atoms with E-state index in [1.165, 1.54) is 43.2 Å². The molecular formula is C25H34F3N3O4. The fourth-order valence-electron chi connectivity index (χ4n) is 4.24. The molecular weight excluding hydrogens is 463 g/mol. The molecule has 194 valence electrons. The molecule has 2 aliphatic rings. The van der Waals surface area contributed by atoms with Gasteiger partial charge in [0.15, 0.2) is 0 Å². The molecule has 0 radical (unpaired) electrons.